The van der Waals surface area contributed by atoms with Gasteiger partial charge in [0.25, 0.3) is 10.9 Å². The third kappa shape index (κ3) is 4.19. The van der Waals surface area contributed by atoms with Crippen LogP contribution in [0.15, 0.2) is 54.7 Å². The molecule has 2 heterocycles. The zero-order valence-electron chi connectivity index (χ0n) is 15.0. The lowest BCUT2D eigenvalue weighted by Crippen LogP contribution is -2.25. The van der Waals surface area contributed by atoms with E-state index in [0.717, 1.165) is 22.7 Å². The highest BCUT2D eigenvalue weighted by Gasteiger charge is 2.31. The smallest absolute Gasteiger partial charge is 0.286 e. The molecule has 2 amide bonds. The number of carbonyl (C=O) groups excluding carboxylic acids is 2. The number of para-hydroxylation sites is 1. The summed E-state index contributed by atoms with van der Waals surface area (Å²) in [6, 6.07) is 13.7. The quantitative estimate of drug-likeness (QED) is 0.489. The molecule has 146 valence electrons. The van der Waals surface area contributed by atoms with Crippen LogP contribution < -0.4 is 10.1 Å². The number of rotatable bonds is 6. The SMILES string of the molecule is O=C1NC(=O)C(Cc2cnc3cc(OCc4ccccc4[N+](=O)[O-])ccc3c2)S1. The molecule has 0 radical (unpaired) electrons. The van der Waals surface area contributed by atoms with E-state index < -0.39 is 10.2 Å². The molecule has 1 aromatic heterocycles. The Bertz CT molecular complexity index is 1130. The Morgan fingerprint density at radius 3 is 2.76 bits per heavy atom. The number of pyridine rings is 1. The molecule has 8 nitrogen and oxygen atoms in total. The minimum absolute atomic E-state index is 0.0170. The first-order chi connectivity index (χ1) is 14.0. The highest BCUT2D eigenvalue weighted by molar-refractivity contribution is 8.15. The van der Waals surface area contributed by atoms with Crippen LogP contribution in [-0.2, 0) is 17.8 Å². The number of ether oxygens (including phenoxy) is 1. The molecule has 2 aromatic carbocycles. The van der Waals surface area contributed by atoms with Crippen molar-refractivity contribution in [1.82, 2.24) is 10.3 Å². The number of benzene rings is 2. The number of thioether (sulfide) groups is 1. The molecule has 1 atom stereocenters. The summed E-state index contributed by atoms with van der Waals surface area (Å²) in [4.78, 5) is 38.1. The Morgan fingerprint density at radius 1 is 1.17 bits per heavy atom. The third-order valence-corrected chi connectivity index (χ3v) is 5.46. The summed E-state index contributed by atoms with van der Waals surface area (Å²) in [6.45, 7) is 0.0722. The molecule has 1 unspecified atom stereocenters. The summed E-state index contributed by atoms with van der Waals surface area (Å²) in [5, 5.41) is 13.5. The fourth-order valence-corrected chi connectivity index (χ4v) is 3.92. The summed E-state index contributed by atoms with van der Waals surface area (Å²) < 4.78 is 5.72. The van der Waals surface area contributed by atoms with Crippen molar-refractivity contribution in [1.29, 1.82) is 0 Å². The molecule has 29 heavy (non-hydrogen) atoms. The van der Waals surface area contributed by atoms with Gasteiger partial charge in [-0.3, -0.25) is 30.0 Å². The van der Waals surface area contributed by atoms with Gasteiger partial charge < -0.3 is 4.74 Å². The Labute approximate surface area is 169 Å². The van der Waals surface area contributed by atoms with Crippen LogP contribution in [0.3, 0.4) is 0 Å². The number of aromatic nitrogens is 1. The van der Waals surface area contributed by atoms with Crippen LogP contribution in [0.5, 0.6) is 5.75 Å². The maximum absolute atomic E-state index is 11.7. The van der Waals surface area contributed by atoms with Gasteiger partial charge in [-0.15, -0.1) is 0 Å². The van der Waals surface area contributed by atoms with Crippen molar-refractivity contribution >= 4 is 39.5 Å². The van der Waals surface area contributed by atoms with Crippen molar-refractivity contribution in [3.63, 3.8) is 0 Å². The van der Waals surface area contributed by atoms with Crippen molar-refractivity contribution in [3.05, 3.63) is 76.0 Å². The number of carbonyl (C=O) groups is 2. The van der Waals surface area contributed by atoms with Crippen LogP contribution >= 0.6 is 11.8 Å². The first-order valence-corrected chi connectivity index (χ1v) is 9.63. The first kappa shape index (κ1) is 18.9. The van der Waals surface area contributed by atoms with Crippen molar-refractivity contribution in [2.75, 3.05) is 0 Å². The molecule has 1 saturated heterocycles. The van der Waals surface area contributed by atoms with Gasteiger partial charge in [-0.1, -0.05) is 23.9 Å². The molecule has 1 fully saturated rings. The van der Waals surface area contributed by atoms with E-state index in [1.807, 2.05) is 12.1 Å². The number of nitrogens with one attached hydrogen (secondary N) is 1. The molecule has 3 aromatic rings. The van der Waals surface area contributed by atoms with Crippen LogP contribution in [0.4, 0.5) is 10.5 Å². The molecule has 1 aliphatic rings. The van der Waals surface area contributed by atoms with Gasteiger partial charge in [0.2, 0.25) is 5.91 Å². The lowest BCUT2D eigenvalue weighted by Gasteiger charge is -2.09. The lowest BCUT2D eigenvalue weighted by atomic mass is 10.1. The molecule has 4 rings (SSSR count). The fraction of sp³-hybridized carbons (Fsp3) is 0.150. The van der Waals surface area contributed by atoms with Crippen molar-refractivity contribution in [3.8, 4) is 5.75 Å². The van der Waals surface area contributed by atoms with Gasteiger partial charge >= 0.3 is 0 Å². The molecule has 0 spiro atoms. The molecule has 0 aliphatic carbocycles. The number of nitro groups is 1. The Hall–Kier alpha value is -3.46. The number of imide groups is 1. The van der Waals surface area contributed by atoms with Crippen LogP contribution in [-0.4, -0.2) is 26.3 Å². The van der Waals surface area contributed by atoms with Gasteiger partial charge in [0, 0.05) is 23.7 Å². The molecule has 1 N–H and O–H groups in total. The number of hydrogen-bond donors (Lipinski definition) is 1. The first-order valence-electron chi connectivity index (χ1n) is 8.75. The van der Waals surface area contributed by atoms with E-state index in [1.54, 1.807) is 36.5 Å². The van der Waals surface area contributed by atoms with Gasteiger partial charge in [-0.25, -0.2) is 0 Å². The standard InChI is InChI=1S/C20H15N3O5S/c24-19-18(29-20(25)22-19)8-12-7-13-5-6-15(9-16(13)21-10-12)28-11-14-3-1-2-4-17(14)23(26)27/h1-7,9-10,18H,8,11H2,(H,22,24,25). The van der Waals surface area contributed by atoms with Crippen LogP contribution in [0.1, 0.15) is 11.1 Å². The molecule has 0 bridgehead atoms. The number of nitrogens with zero attached hydrogens (tertiary/aromatic N) is 2. The third-order valence-electron chi connectivity index (χ3n) is 4.48. The van der Waals surface area contributed by atoms with Gasteiger partial charge in [0.05, 0.1) is 21.3 Å². The fourth-order valence-electron chi connectivity index (χ4n) is 3.06. The second-order valence-corrected chi connectivity index (χ2v) is 7.64. The minimum atomic E-state index is -0.439. The molecular formula is C20H15N3O5S. The van der Waals surface area contributed by atoms with Crippen LogP contribution in [0.25, 0.3) is 10.9 Å². The molecular weight excluding hydrogens is 394 g/mol. The van der Waals surface area contributed by atoms with E-state index in [-0.39, 0.29) is 23.4 Å². The molecule has 1 aliphatic heterocycles. The van der Waals surface area contributed by atoms with Gasteiger partial charge in [-0.2, -0.15) is 0 Å². The summed E-state index contributed by atoms with van der Waals surface area (Å²) in [6.07, 6.45) is 2.09. The number of fused-ring (bicyclic) bond motifs is 1. The van der Waals surface area contributed by atoms with Crippen molar-refractivity contribution in [2.24, 2.45) is 0 Å². The average Bonchev–Trinajstić information content (AvgIpc) is 3.03. The summed E-state index contributed by atoms with van der Waals surface area (Å²) in [7, 11) is 0. The monoisotopic (exact) mass is 409 g/mol. The van der Waals surface area contributed by atoms with E-state index >= 15 is 0 Å². The maximum Gasteiger partial charge on any atom is 0.286 e. The van der Waals surface area contributed by atoms with E-state index in [2.05, 4.69) is 10.3 Å². The van der Waals surface area contributed by atoms with Crippen LogP contribution in [0, 0.1) is 10.1 Å². The number of hydrogen-bond acceptors (Lipinski definition) is 7. The highest BCUT2D eigenvalue weighted by atomic mass is 32.2. The zero-order chi connectivity index (χ0) is 20.4. The maximum atomic E-state index is 11.7. The van der Waals surface area contributed by atoms with E-state index in [1.165, 1.54) is 6.07 Å². The summed E-state index contributed by atoms with van der Waals surface area (Å²) >= 11 is 0.989. The summed E-state index contributed by atoms with van der Waals surface area (Å²) in [5.41, 5.74) is 2.06. The minimum Gasteiger partial charge on any atom is -0.489 e. The molecule has 9 heteroatoms. The van der Waals surface area contributed by atoms with Crippen molar-refractivity contribution in [2.45, 2.75) is 18.3 Å². The van der Waals surface area contributed by atoms with Crippen molar-refractivity contribution < 1.29 is 19.2 Å². The van der Waals surface area contributed by atoms with Crippen LogP contribution in [0.2, 0.25) is 0 Å². The zero-order valence-corrected chi connectivity index (χ0v) is 15.8. The predicted molar refractivity (Wildman–Crippen MR) is 108 cm³/mol. The Balaban J connectivity index is 1.48. The van der Waals surface area contributed by atoms with E-state index in [4.69, 9.17) is 4.74 Å². The Morgan fingerprint density at radius 2 is 2.00 bits per heavy atom. The highest BCUT2D eigenvalue weighted by Crippen LogP contribution is 2.26. The van der Waals surface area contributed by atoms with E-state index in [0.29, 0.717) is 23.3 Å². The second-order valence-electron chi connectivity index (χ2n) is 6.46. The Kier molecular flexibility index (Phi) is 5.13. The lowest BCUT2D eigenvalue weighted by molar-refractivity contribution is -0.385. The largest absolute Gasteiger partial charge is 0.489 e. The average molecular weight is 409 g/mol. The van der Waals surface area contributed by atoms with Gasteiger partial charge in [0.1, 0.15) is 12.4 Å². The topological polar surface area (TPSA) is 111 Å². The summed E-state index contributed by atoms with van der Waals surface area (Å²) in [5.74, 6) is 0.270. The second kappa shape index (κ2) is 7.88. The van der Waals surface area contributed by atoms with Gasteiger partial charge in [0.15, 0.2) is 0 Å². The van der Waals surface area contributed by atoms with E-state index in [9.17, 15) is 19.7 Å². The number of amides is 2. The normalized spacial score (nSPS) is 16.1. The number of nitro benzene ring substituents is 1. The predicted octanol–water partition coefficient (Wildman–Crippen LogP) is 3.62. The van der Waals surface area contributed by atoms with Gasteiger partial charge in [-0.05, 0) is 36.2 Å². The molecule has 0 saturated carbocycles.